The number of hydrogen-bond donors (Lipinski definition) is 1. The molecule has 1 fully saturated rings. The van der Waals surface area contributed by atoms with Crippen molar-refractivity contribution in [3.05, 3.63) is 22.2 Å². The molecule has 1 aromatic rings. The van der Waals surface area contributed by atoms with Gasteiger partial charge in [0.1, 0.15) is 0 Å². The molecule has 0 bridgehead atoms. The Hall–Kier alpha value is -0.740. The number of fused-ring (bicyclic) bond motifs is 1. The molecule has 0 aromatic heterocycles. The minimum absolute atomic E-state index is 0.187. The van der Waals surface area contributed by atoms with Crippen LogP contribution in [0.5, 0.6) is 11.5 Å². The molecule has 3 rings (SSSR count). The summed E-state index contributed by atoms with van der Waals surface area (Å²) in [4.78, 5) is 0. The van der Waals surface area contributed by atoms with E-state index in [1.54, 1.807) is 0 Å². The van der Waals surface area contributed by atoms with Gasteiger partial charge >= 0.3 is 0 Å². The van der Waals surface area contributed by atoms with Gasteiger partial charge in [0.15, 0.2) is 11.5 Å². The summed E-state index contributed by atoms with van der Waals surface area (Å²) >= 11 is 3.58. The van der Waals surface area contributed by atoms with E-state index in [4.69, 9.17) is 15.2 Å². The van der Waals surface area contributed by atoms with Gasteiger partial charge in [-0.2, -0.15) is 0 Å². The van der Waals surface area contributed by atoms with Crippen molar-refractivity contribution in [2.24, 2.45) is 5.73 Å². The topological polar surface area (TPSA) is 44.5 Å². The Bertz CT molecular complexity index is 455. The first-order valence-electron chi connectivity index (χ1n) is 6.58. The number of hydrogen-bond acceptors (Lipinski definition) is 3. The van der Waals surface area contributed by atoms with Crippen LogP contribution in [0.25, 0.3) is 0 Å². The summed E-state index contributed by atoms with van der Waals surface area (Å²) < 4.78 is 12.4. The van der Waals surface area contributed by atoms with E-state index < -0.39 is 0 Å². The van der Waals surface area contributed by atoms with Crippen LogP contribution < -0.4 is 15.2 Å². The van der Waals surface area contributed by atoms with Gasteiger partial charge in [-0.3, -0.25) is 0 Å². The average molecular weight is 312 g/mol. The molecule has 98 valence electrons. The van der Waals surface area contributed by atoms with Crippen molar-refractivity contribution in [1.82, 2.24) is 0 Å². The average Bonchev–Trinajstić information content (AvgIpc) is 2.66. The molecule has 1 aromatic carbocycles. The summed E-state index contributed by atoms with van der Waals surface area (Å²) in [5, 5.41) is 0. The van der Waals surface area contributed by atoms with Crippen LogP contribution in [0, 0.1) is 0 Å². The normalized spacial score (nSPS) is 21.7. The third-order valence-electron chi connectivity index (χ3n) is 3.87. The van der Waals surface area contributed by atoms with Gasteiger partial charge in [-0.05, 0) is 46.5 Å². The van der Waals surface area contributed by atoms with Crippen LogP contribution in [0.3, 0.4) is 0 Å². The lowest BCUT2D eigenvalue weighted by molar-refractivity contribution is 0.296. The summed E-state index contributed by atoms with van der Waals surface area (Å²) in [5.74, 6) is 1.64. The van der Waals surface area contributed by atoms with E-state index in [1.165, 1.54) is 12.8 Å². The maximum absolute atomic E-state index is 6.50. The van der Waals surface area contributed by atoms with Gasteiger partial charge in [0.2, 0.25) is 0 Å². The standard InChI is InChI=1S/C14H18BrNO2/c15-11-8-10(14(16)4-1-2-5-14)9-12-13(11)18-7-3-6-17-12/h8-9H,1-7,16H2. The molecule has 2 aliphatic rings. The third kappa shape index (κ3) is 2.12. The second kappa shape index (κ2) is 4.74. The van der Waals surface area contributed by atoms with Gasteiger partial charge in [-0.1, -0.05) is 12.8 Å². The lowest BCUT2D eigenvalue weighted by atomic mass is 9.89. The second-order valence-electron chi connectivity index (χ2n) is 5.20. The highest BCUT2D eigenvalue weighted by molar-refractivity contribution is 9.10. The molecule has 0 radical (unpaired) electrons. The molecule has 4 heteroatoms. The van der Waals surface area contributed by atoms with Crippen LogP contribution in [0.2, 0.25) is 0 Å². The Morgan fingerprint density at radius 2 is 1.78 bits per heavy atom. The molecule has 0 atom stereocenters. The maximum Gasteiger partial charge on any atom is 0.175 e. The minimum atomic E-state index is -0.187. The molecule has 1 aliphatic heterocycles. The smallest absolute Gasteiger partial charge is 0.175 e. The number of halogens is 1. The fourth-order valence-corrected chi connectivity index (χ4v) is 3.37. The molecule has 1 saturated carbocycles. The summed E-state index contributed by atoms with van der Waals surface area (Å²) in [5.41, 5.74) is 7.48. The second-order valence-corrected chi connectivity index (χ2v) is 6.05. The summed E-state index contributed by atoms with van der Waals surface area (Å²) in [6, 6.07) is 4.16. The molecule has 0 saturated heterocycles. The highest BCUT2D eigenvalue weighted by atomic mass is 79.9. The molecule has 1 heterocycles. The number of benzene rings is 1. The van der Waals surface area contributed by atoms with Crippen molar-refractivity contribution in [3.63, 3.8) is 0 Å². The van der Waals surface area contributed by atoms with Gasteiger partial charge in [0.25, 0.3) is 0 Å². The van der Waals surface area contributed by atoms with Crippen LogP contribution in [-0.4, -0.2) is 13.2 Å². The molecule has 1 aliphatic carbocycles. The van der Waals surface area contributed by atoms with E-state index in [-0.39, 0.29) is 5.54 Å². The third-order valence-corrected chi connectivity index (χ3v) is 4.46. The van der Waals surface area contributed by atoms with Crippen LogP contribution >= 0.6 is 15.9 Å². The monoisotopic (exact) mass is 311 g/mol. The predicted molar refractivity (Wildman–Crippen MR) is 74.1 cm³/mol. The van der Waals surface area contributed by atoms with Gasteiger partial charge in [-0.15, -0.1) is 0 Å². The van der Waals surface area contributed by atoms with Gasteiger partial charge < -0.3 is 15.2 Å². The first-order chi connectivity index (χ1) is 8.69. The fraction of sp³-hybridized carbons (Fsp3) is 0.571. The molecule has 0 amide bonds. The molecular weight excluding hydrogens is 294 g/mol. The zero-order chi connectivity index (χ0) is 12.6. The lowest BCUT2D eigenvalue weighted by Crippen LogP contribution is -2.33. The van der Waals surface area contributed by atoms with E-state index in [1.807, 2.05) is 0 Å². The largest absolute Gasteiger partial charge is 0.490 e. The van der Waals surface area contributed by atoms with E-state index >= 15 is 0 Å². The Labute approximate surface area is 116 Å². The Morgan fingerprint density at radius 1 is 1.06 bits per heavy atom. The summed E-state index contributed by atoms with van der Waals surface area (Å²) in [6.45, 7) is 1.42. The molecule has 0 spiro atoms. The van der Waals surface area contributed by atoms with Crippen molar-refractivity contribution < 1.29 is 9.47 Å². The first-order valence-corrected chi connectivity index (χ1v) is 7.37. The van der Waals surface area contributed by atoms with Gasteiger partial charge in [0.05, 0.1) is 17.7 Å². The van der Waals surface area contributed by atoms with E-state index in [9.17, 15) is 0 Å². The van der Waals surface area contributed by atoms with Crippen molar-refractivity contribution in [1.29, 1.82) is 0 Å². The van der Waals surface area contributed by atoms with Crippen molar-refractivity contribution in [3.8, 4) is 11.5 Å². The SMILES string of the molecule is NC1(c2cc(Br)c3c(c2)OCCCO3)CCCC1. The zero-order valence-electron chi connectivity index (χ0n) is 10.4. The number of rotatable bonds is 1. The summed E-state index contributed by atoms with van der Waals surface area (Å²) in [7, 11) is 0. The number of ether oxygens (including phenoxy) is 2. The quantitative estimate of drug-likeness (QED) is 0.865. The zero-order valence-corrected chi connectivity index (χ0v) is 12.0. The lowest BCUT2D eigenvalue weighted by Gasteiger charge is -2.25. The predicted octanol–water partition coefficient (Wildman–Crippen LogP) is 3.34. The van der Waals surface area contributed by atoms with Crippen molar-refractivity contribution in [2.75, 3.05) is 13.2 Å². The van der Waals surface area contributed by atoms with E-state index in [0.717, 1.165) is 40.8 Å². The molecular formula is C14H18BrNO2. The Balaban J connectivity index is 2.02. The molecule has 2 N–H and O–H groups in total. The molecule has 0 unspecified atom stereocenters. The highest BCUT2D eigenvalue weighted by Gasteiger charge is 2.32. The summed E-state index contributed by atoms with van der Waals surface area (Å²) in [6.07, 6.45) is 5.45. The van der Waals surface area contributed by atoms with Crippen LogP contribution in [0.15, 0.2) is 16.6 Å². The first kappa shape index (κ1) is 12.3. The highest BCUT2D eigenvalue weighted by Crippen LogP contribution is 2.44. The molecule has 18 heavy (non-hydrogen) atoms. The maximum atomic E-state index is 6.50. The minimum Gasteiger partial charge on any atom is -0.490 e. The van der Waals surface area contributed by atoms with Crippen LogP contribution in [0.1, 0.15) is 37.7 Å². The van der Waals surface area contributed by atoms with Crippen LogP contribution in [0.4, 0.5) is 0 Å². The van der Waals surface area contributed by atoms with Gasteiger partial charge in [0, 0.05) is 12.0 Å². The fourth-order valence-electron chi connectivity index (χ4n) is 2.81. The van der Waals surface area contributed by atoms with Crippen molar-refractivity contribution in [2.45, 2.75) is 37.6 Å². The number of nitrogens with two attached hydrogens (primary N) is 1. The Morgan fingerprint density at radius 3 is 2.56 bits per heavy atom. The van der Waals surface area contributed by atoms with Gasteiger partial charge in [-0.25, -0.2) is 0 Å². The Kier molecular flexibility index (Phi) is 3.24. The van der Waals surface area contributed by atoms with Crippen molar-refractivity contribution >= 4 is 15.9 Å². The van der Waals surface area contributed by atoms with Crippen LogP contribution in [-0.2, 0) is 5.54 Å². The molecule has 3 nitrogen and oxygen atoms in total. The van der Waals surface area contributed by atoms with E-state index in [0.29, 0.717) is 13.2 Å². The van der Waals surface area contributed by atoms with E-state index in [2.05, 4.69) is 28.1 Å².